The standard InChI is InChI=1S/C7H16N2O2/c1-8-4-5-11-6-7(10)9(2)3/h8H,4-6H2,1-3H3. The first kappa shape index (κ1) is 10.4. The molecule has 1 amide bonds. The van der Waals surface area contributed by atoms with Crippen molar-refractivity contribution in [2.24, 2.45) is 0 Å². The molecule has 0 aliphatic rings. The van der Waals surface area contributed by atoms with Gasteiger partial charge < -0.3 is 15.0 Å². The fourth-order valence-electron chi connectivity index (χ4n) is 0.463. The molecule has 0 saturated heterocycles. The highest BCUT2D eigenvalue weighted by molar-refractivity contribution is 5.76. The molecule has 0 rings (SSSR count). The van der Waals surface area contributed by atoms with Crippen molar-refractivity contribution in [1.29, 1.82) is 0 Å². The Morgan fingerprint density at radius 3 is 2.64 bits per heavy atom. The second-order valence-electron chi connectivity index (χ2n) is 2.44. The first-order chi connectivity index (χ1) is 5.18. The summed E-state index contributed by atoms with van der Waals surface area (Å²) in [6, 6.07) is 0. The van der Waals surface area contributed by atoms with Crippen molar-refractivity contribution in [2.45, 2.75) is 0 Å². The van der Waals surface area contributed by atoms with Gasteiger partial charge in [-0.05, 0) is 7.05 Å². The molecule has 0 aliphatic heterocycles. The topological polar surface area (TPSA) is 41.6 Å². The van der Waals surface area contributed by atoms with E-state index in [0.29, 0.717) is 6.61 Å². The number of carbonyl (C=O) groups is 1. The quantitative estimate of drug-likeness (QED) is 0.541. The van der Waals surface area contributed by atoms with Crippen LogP contribution in [0, 0.1) is 0 Å². The van der Waals surface area contributed by atoms with E-state index >= 15 is 0 Å². The normalized spacial score (nSPS) is 9.73. The first-order valence-electron chi connectivity index (χ1n) is 3.61. The molecule has 0 unspecified atom stereocenters. The van der Waals surface area contributed by atoms with Gasteiger partial charge in [0.15, 0.2) is 0 Å². The summed E-state index contributed by atoms with van der Waals surface area (Å²) in [5.41, 5.74) is 0. The number of nitrogens with zero attached hydrogens (tertiary/aromatic N) is 1. The average Bonchev–Trinajstić information content (AvgIpc) is 1.97. The molecule has 0 aromatic rings. The van der Waals surface area contributed by atoms with Crippen LogP contribution >= 0.6 is 0 Å². The Kier molecular flexibility index (Phi) is 5.78. The van der Waals surface area contributed by atoms with Gasteiger partial charge in [-0.1, -0.05) is 0 Å². The molecule has 0 bridgehead atoms. The van der Waals surface area contributed by atoms with Crippen molar-refractivity contribution in [3.8, 4) is 0 Å². The number of hydrogen-bond acceptors (Lipinski definition) is 3. The second kappa shape index (κ2) is 6.12. The van der Waals surface area contributed by atoms with Crippen molar-refractivity contribution < 1.29 is 9.53 Å². The zero-order valence-corrected chi connectivity index (χ0v) is 7.39. The number of likely N-dealkylation sites (N-methyl/N-ethyl adjacent to an activating group) is 2. The third kappa shape index (κ3) is 5.82. The van der Waals surface area contributed by atoms with Crippen LogP contribution < -0.4 is 5.32 Å². The Balaban J connectivity index is 3.18. The van der Waals surface area contributed by atoms with Gasteiger partial charge in [-0.15, -0.1) is 0 Å². The van der Waals surface area contributed by atoms with E-state index in [9.17, 15) is 4.79 Å². The number of carbonyl (C=O) groups excluding carboxylic acids is 1. The van der Waals surface area contributed by atoms with Gasteiger partial charge in [0.2, 0.25) is 5.91 Å². The molecule has 11 heavy (non-hydrogen) atoms. The van der Waals surface area contributed by atoms with Gasteiger partial charge in [-0.25, -0.2) is 0 Å². The van der Waals surface area contributed by atoms with Crippen LogP contribution in [0.25, 0.3) is 0 Å². The van der Waals surface area contributed by atoms with Crippen LogP contribution in [-0.2, 0) is 9.53 Å². The minimum atomic E-state index is 0.00102. The SMILES string of the molecule is CNCCOCC(=O)N(C)C. The van der Waals surface area contributed by atoms with Gasteiger partial charge in [-0.2, -0.15) is 0 Å². The van der Waals surface area contributed by atoms with Gasteiger partial charge in [0.05, 0.1) is 6.61 Å². The third-order valence-electron chi connectivity index (χ3n) is 1.22. The van der Waals surface area contributed by atoms with Gasteiger partial charge in [-0.3, -0.25) is 4.79 Å². The Bertz CT molecular complexity index is 115. The van der Waals surface area contributed by atoms with E-state index in [2.05, 4.69) is 5.32 Å². The summed E-state index contributed by atoms with van der Waals surface area (Å²) in [5.74, 6) is 0.00102. The van der Waals surface area contributed by atoms with E-state index < -0.39 is 0 Å². The van der Waals surface area contributed by atoms with Crippen LogP contribution in [-0.4, -0.2) is 51.7 Å². The number of amides is 1. The van der Waals surface area contributed by atoms with Crippen molar-refractivity contribution in [2.75, 3.05) is 40.9 Å². The lowest BCUT2D eigenvalue weighted by atomic mass is 10.6. The van der Waals surface area contributed by atoms with Crippen LogP contribution in [0.2, 0.25) is 0 Å². The molecule has 0 saturated carbocycles. The molecule has 1 N–H and O–H groups in total. The van der Waals surface area contributed by atoms with Gasteiger partial charge >= 0.3 is 0 Å². The highest BCUT2D eigenvalue weighted by atomic mass is 16.5. The van der Waals surface area contributed by atoms with Crippen LogP contribution in [0.4, 0.5) is 0 Å². The maximum absolute atomic E-state index is 10.9. The highest BCUT2D eigenvalue weighted by Gasteiger charge is 2.01. The van der Waals surface area contributed by atoms with Crippen molar-refractivity contribution >= 4 is 5.91 Å². The average molecular weight is 160 g/mol. The van der Waals surface area contributed by atoms with Crippen LogP contribution in [0.15, 0.2) is 0 Å². The number of ether oxygens (including phenoxy) is 1. The molecule has 0 aromatic heterocycles. The molecular formula is C7H16N2O2. The number of rotatable bonds is 5. The summed E-state index contributed by atoms with van der Waals surface area (Å²) in [7, 11) is 5.27. The Labute approximate surface area is 67.5 Å². The minimum absolute atomic E-state index is 0.00102. The molecule has 0 spiro atoms. The molecule has 0 fully saturated rings. The Morgan fingerprint density at radius 2 is 2.18 bits per heavy atom. The molecule has 0 heterocycles. The Morgan fingerprint density at radius 1 is 1.55 bits per heavy atom. The predicted octanol–water partition coefficient (Wildman–Crippen LogP) is -0.689. The lowest BCUT2D eigenvalue weighted by Crippen LogP contribution is -2.27. The van der Waals surface area contributed by atoms with Gasteiger partial charge in [0.1, 0.15) is 6.61 Å². The molecule has 4 heteroatoms. The van der Waals surface area contributed by atoms with Gasteiger partial charge in [0, 0.05) is 20.6 Å². The molecule has 0 radical (unpaired) electrons. The van der Waals surface area contributed by atoms with E-state index in [0.717, 1.165) is 6.54 Å². The van der Waals surface area contributed by atoms with Crippen molar-refractivity contribution in [3.63, 3.8) is 0 Å². The molecule has 0 aromatic carbocycles. The van der Waals surface area contributed by atoms with E-state index in [4.69, 9.17) is 4.74 Å². The molecule has 0 aliphatic carbocycles. The zero-order valence-electron chi connectivity index (χ0n) is 7.39. The molecule has 66 valence electrons. The second-order valence-corrected chi connectivity index (χ2v) is 2.44. The predicted molar refractivity (Wildman–Crippen MR) is 43.4 cm³/mol. The molecule has 4 nitrogen and oxygen atoms in total. The maximum Gasteiger partial charge on any atom is 0.248 e. The van der Waals surface area contributed by atoms with E-state index in [-0.39, 0.29) is 12.5 Å². The number of nitrogens with one attached hydrogen (secondary N) is 1. The summed E-state index contributed by atoms with van der Waals surface area (Å²) < 4.78 is 5.04. The molecular weight excluding hydrogens is 144 g/mol. The fourth-order valence-corrected chi connectivity index (χ4v) is 0.463. The van der Waals surface area contributed by atoms with Crippen LogP contribution in [0.5, 0.6) is 0 Å². The minimum Gasteiger partial charge on any atom is -0.370 e. The van der Waals surface area contributed by atoms with Gasteiger partial charge in [0.25, 0.3) is 0 Å². The fraction of sp³-hybridized carbons (Fsp3) is 0.857. The van der Waals surface area contributed by atoms with Crippen molar-refractivity contribution in [3.05, 3.63) is 0 Å². The first-order valence-corrected chi connectivity index (χ1v) is 3.61. The van der Waals surface area contributed by atoms with Crippen LogP contribution in [0.3, 0.4) is 0 Å². The zero-order chi connectivity index (χ0) is 8.69. The summed E-state index contributed by atoms with van der Waals surface area (Å²) in [4.78, 5) is 12.4. The summed E-state index contributed by atoms with van der Waals surface area (Å²) in [6.07, 6.45) is 0. The summed E-state index contributed by atoms with van der Waals surface area (Å²) in [6.45, 7) is 1.53. The summed E-state index contributed by atoms with van der Waals surface area (Å²) >= 11 is 0. The van der Waals surface area contributed by atoms with Crippen molar-refractivity contribution in [1.82, 2.24) is 10.2 Å². The lowest BCUT2D eigenvalue weighted by molar-refractivity contribution is -0.133. The van der Waals surface area contributed by atoms with E-state index in [1.54, 1.807) is 14.1 Å². The Hall–Kier alpha value is -0.610. The highest BCUT2D eigenvalue weighted by Crippen LogP contribution is 1.80. The number of hydrogen-bond donors (Lipinski definition) is 1. The monoisotopic (exact) mass is 160 g/mol. The lowest BCUT2D eigenvalue weighted by Gasteiger charge is -2.09. The van der Waals surface area contributed by atoms with E-state index in [1.807, 2.05) is 7.05 Å². The van der Waals surface area contributed by atoms with Crippen LogP contribution in [0.1, 0.15) is 0 Å². The largest absolute Gasteiger partial charge is 0.370 e. The maximum atomic E-state index is 10.9. The molecule has 0 atom stereocenters. The smallest absolute Gasteiger partial charge is 0.248 e. The van der Waals surface area contributed by atoms with E-state index in [1.165, 1.54) is 4.90 Å². The summed E-state index contributed by atoms with van der Waals surface area (Å²) in [5, 5.41) is 2.92. The third-order valence-corrected chi connectivity index (χ3v) is 1.22.